The van der Waals surface area contributed by atoms with E-state index >= 15 is 0 Å². The number of benzene rings is 2. The van der Waals surface area contributed by atoms with Crippen molar-refractivity contribution < 1.29 is 23.9 Å². The first-order valence-electron chi connectivity index (χ1n) is 10.5. The zero-order valence-corrected chi connectivity index (χ0v) is 19.0. The number of carbonyl (C=O) groups is 3. The molecule has 32 heavy (non-hydrogen) atoms. The second kappa shape index (κ2) is 9.72. The Morgan fingerprint density at radius 1 is 1.00 bits per heavy atom. The number of hydrogen-bond acceptors (Lipinski definition) is 5. The van der Waals surface area contributed by atoms with Crippen LogP contribution in [0.3, 0.4) is 0 Å². The van der Waals surface area contributed by atoms with Crippen LogP contribution in [0.1, 0.15) is 36.7 Å². The molecule has 0 spiro atoms. The van der Waals surface area contributed by atoms with E-state index in [4.69, 9.17) is 9.47 Å². The third-order valence-electron chi connectivity index (χ3n) is 5.47. The van der Waals surface area contributed by atoms with Crippen LogP contribution < -0.4 is 25.0 Å². The Morgan fingerprint density at radius 3 is 2.22 bits per heavy atom. The molecule has 0 radical (unpaired) electrons. The first-order valence-corrected chi connectivity index (χ1v) is 10.5. The summed E-state index contributed by atoms with van der Waals surface area (Å²) in [5, 5.41) is 5.71. The van der Waals surface area contributed by atoms with Crippen LogP contribution in [0.4, 0.5) is 11.4 Å². The average Bonchev–Trinajstić information content (AvgIpc) is 3.20. The molecule has 2 N–H and O–H groups in total. The van der Waals surface area contributed by atoms with Gasteiger partial charge in [0.1, 0.15) is 17.5 Å². The van der Waals surface area contributed by atoms with E-state index in [0.717, 1.165) is 17.7 Å². The summed E-state index contributed by atoms with van der Waals surface area (Å²) in [5.74, 6) is 0.105. The van der Waals surface area contributed by atoms with Gasteiger partial charge in [-0.05, 0) is 48.2 Å². The molecular weight excluding hydrogens is 410 g/mol. The van der Waals surface area contributed by atoms with Crippen molar-refractivity contribution in [1.82, 2.24) is 5.32 Å². The second-order valence-electron chi connectivity index (χ2n) is 8.05. The molecule has 2 aromatic carbocycles. The van der Waals surface area contributed by atoms with Crippen LogP contribution in [0.15, 0.2) is 36.4 Å². The maximum absolute atomic E-state index is 13.0. The molecule has 1 aliphatic rings. The van der Waals surface area contributed by atoms with Gasteiger partial charge in [0, 0.05) is 36.5 Å². The van der Waals surface area contributed by atoms with Gasteiger partial charge in [0.2, 0.25) is 11.8 Å². The van der Waals surface area contributed by atoms with Crippen LogP contribution >= 0.6 is 0 Å². The van der Waals surface area contributed by atoms with E-state index in [1.807, 2.05) is 26.0 Å². The molecule has 1 heterocycles. The smallest absolute Gasteiger partial charge is 0.252 e. The van der Waals surface area contributed by atoms with E-state index in [0.29, 0.717) is 29.3 Å². The molecule has 1 aliphatic heterocycles. The standard InChI is InChI=1S/C24H29N3O5/c1-14(2)22(26-23(29)17-11-19(31-4)13-20(12-17)32-5)24(30)25-18-6-7-21-16(10-18)8-9-27(21)15(3)28/h6-7,10-14,22H,8-9H2,1-5H3,(H,25,30)(H,26,29). The van der Waals surface area contributed by atoms with Gasteiger partial charge in [0.15, 0.2) is 0 Å². The molecule has 3 rings (SSSR count). The highest BCUT2D eigenvalue weighted by molar-refractivity contribution is 6.02. The second-order valence-corrected chi connectivity index (χ2v) is 8.05. The fourth-order valence-electron chi connectivity index (χ4n) is 3.72. The number of rotatable bonds is 7. The van der Waals surface area contributed by atoms with Gasteiger partial charge in [-0.15, -0.1) is 0 Å². The first kappa shape index (κ1) is 23.1. The summed E-state index contributed by atoms with van der Waals surface area (Å²) < 4.78 is 10.4. The van der Waals surface area contributed by atoms with Gasteiger partial charge in [-0.3, -0.25) is 14.4 Å². The monoisotopic (exact) mass is 439 g/mol. The highest BCUT2D eigenvalue weighted by Gasteiger charge is 2.27. The van der Waals surface area contributed by atoms with Crippen LogP contribution in [-0.4, -0.2) is 44.5 Å². The summed E-state index contributed by atoms with van der Waals surface area (Å²) in [6.45, 7) is 5.91. The molecule has 0 aromatic heterocycles. The van der Waals surface area contributed by atoms with Gasteiger partial charge in [-0.25, -0.2) is 0 Å². The molecule has 0 saturated carbocycles. The number of ether oxygens (including phenoxy) is 2. The number of hydrogen-bond donors (Lipinski definition) is 2. The van der Waals surface area contributed by atoms with Crippen LogP contribution in [0.5, 0.6) is 11.5 Å². The number of fused-ring (bicyclic) bond motifs is 1. The number of nitrogens with zero attached hydrogens (tertiary/aromatic N) is 1. The van der Waals surface area contributed by atoms with Crippen molar-refractivity contribution in [3.05, 3.63) is 47.5 Å². The van der Waals surface area contributed by atoms with Crippen LogP contribution in [0.25, 0.3) is 0 Å². The van der Waals surface area contributed by atoms with Gasteiger partial charge < -0.3 is 25.0 Å². The maximum atomic E-state index is 13.0. The van der Waals surface area contributed by atoms with E-state index < -0.39 is 11.9 Å². The zero-order valence-electron chi connectivity index (χ0n) is 19.0. The van der Waals surface area contributed by atoms with Crippen LogP contribution in [0.2, 0.25) is 0 Å². The van der Waals surface area contributed by atoms with Crippen molar-refractivity contribution >= 4 is 29.1 Å². The molecule has 3 amide bonds. The average molecular weight is 440 g/mol. The van der Waals surface area contributed by atoms with E-state index in [9.17, 15) is 14.4 Å². The Balaban J connectivity index is 1.74. The van der Waals surface area contributed by atoms with Crippen LogP contribution in [-0.2, 0) is 16.0 Å². The molecule has 0 aliphatic carbocycles. The zero-order chi connectivity index (χ0) is 23.4. The Morgan fingerprint density at radius 2 is 1.66 bits per heavy atom. The predicted molar refractivity (Wildman–Crippen MR) is 122 cm³/mol. The molecule has 8 heteroatoms. The van der Waals surface area contributed by atoms with E-state index in [1.165, 1.54) is 14.2 Å². The summed E-state index contributed by atoms with van der Waals surface area (Å²) in [6.07, 6.45) is 0.737. The molecule has 0 fully saturated rings. The topological polar surface area (TPSA) is 97.0 Å². The Kier molecular flexibility index (Phi) is 7.02. The van der Waals surface area contributed by atoms with E-state index in [-0.39, 0.29) is 17.7 Å². The molecule has 0 bridgehead atoms. The fraction of sp³-hybridized carbons (Fsp3) is 0.375. The molecule has 170 valence electrons. The number of methoxy groups -OCH3 is 2. The molecular formula is C24H29N3O5. The molecule has 1 atom stereocenters. The lowest BCUT2D eigenvalue weighted by molar-refractivity contribution is -0.119. The lowest BCUT2D eigenvalue weighted by atomic mass is 10.0. The van der Waals surface area contributed by atoms with Crippen molar-refractivity contribution in [3.63, 3.8) is 0 Å². The largest absolute Gasteiger partial charge is 0.497 e. The quantitative estimate of drug-likeness (QED) is 0.691. The molecule has 2 aromatic rings. The minimum absolute atomic E-state index is 0.00251. The summed E-state index contributed by atoms with van der Waals surface area (Å²) in [7, 11) is 3.01. The summed E-state index contributed by atoms with van der Waals surface area (Å²) >= 11 is 0. The SMILES string of the molecule is COc1cc(OC)cc(C(=O)NC(C(=O)Nc2ccc3c(c2)CCN3C(C)=O)C(C)C)c1. The fourth-order valence-corrected chi connectivity index (χ4v) is 3.72. The Labute approximate surface area is 187 Å². The Bertz CT molecular complexity index is 1010. The van der Waals surface area contributed by atoms with Crippen molar-refractivity contribution in [2.75, 3.05) is 31.0 Å². The molecule has 0 saturated heterocycles. The molecule has 1 unspecified atom stereocenters. The van der Waals surface area contributed by atoms with E-state index in [2.05, 4.69) is 10.6 Å². The van der Waals surface area contributed by atoms with Gasteiger partial charge in [-0.1, -0.05) is 13.8 Å². The van der Waals surface area contributed by atoms with Gasteiger partial charge >= 0.3 is 0 Å². The van der Waals surface area contributed by atoms with Gasteiger partial charge in [0.05, 0.1) is 14.2 Å². The first-order chi connectivity index (χ1) is 15.2. The number of anilines is 2. The summed E-state index contributed by atoms with van der Waals surface area (Å²) in [6, 6.07) is 9.59. The van der Waals surface area contributed by atoms with Crippen molar-refractivity contribution in [3.8, 4) is 11.5 Å². The Hall–Kier alpha value is -3.55. The predicted octanol–water partition coefficient (Wildman–Crippen LogP) is 3.01. The lowest BCUT2D eigenvalue weighted by Crippen LogP contribution is -2.47. The van der Waals surface area contributed by atoms with Crippen LogP contribution in [0, 0.1) is 5.92 Å². The van der Waals surface area contributed by atoms with E-state index in [1.54, 1.807) is 36.1 Å². The normalized spacial score (nSPS) is 13.4. The van der Waals surface area contributed by atoms with Crippen molar-refractivity contribution in [2.24, 2.45) is 5.92 Å². The van der Waals surface area contributed by atoms with Crippen molar-refractivity contribution in [1.29, 1.82) is 0 Å². The minimum Gasteiger partial charge on any atom is -0.497 e. The van der Waals surface area contributed by atoms with Gasteiger partial charge in [-0.2, -0.15) is 0 Å². The number of nitrogens with one attached hydrogen (secondary N) is 2. The third-order valence-corrected chi connectivity index (χ3v) is 5.47. The number of amides is 3. The highest BCUT2D eigenvalue weighted by Crippen LogP contribution is 2.30. The maximum Gasteiger partial charge on any atom is 0.252 e. The van der Waals surface area contributed by atoms with Crippen molar-refractivity contribution in [2.45, 2.75) is 33.2 Å². The lowest BCUT2D eigenvalue weighted by Gasteiger charge is -2.22. The number of carbonyl (C=O) groups excluding carboxylic acids is 3. The molecule has 8 nitrogen and oxygen atoms in total. The third kappa shape index (κ3) is 5.01. The minimum atomic E-state index is -0.748. The van der Waals surface area contributed by atoms with Gasteiger partial charge in [0.25, 0.3) is 5.91 Å². The highest BCUT2D eigenvalue weighted by atomic mass is 16.5. The summed E-state index contributed by atoms with van der Waals surface area (Å²) in [5.41, 5.74) is 2.84. The summed E-state index contributed by atoms with van der Waals surface area (Å²) in [4.78, 5) is 39.3.